The molecule has 0 saturated carbocycles. The first-order valence-corrected chi connectivity index (χ1v) is 7.95. The number of para-hydroxylation sites is 1. The minimum atomic E-state index is 0.149. The lowest BCUT2D eigenvalue weighted by molar-refractivity contribution is -0.118. The van der Waals surface area contributed by atoms with Crippen LogP contribution in [-0.2, 0) is 11.2 Å². The second-order valence-electron chi connectivity index (χ2n) is 5.06. The summed E-state index contributed by atoms with van der Waals surface area (Å²) in [4.78, 5) is 14.6. The van der Waals surface area contributed by atoms with Crippen LogP contribution in [0.15, 0.2) is 18.2 Å². The second-order valence-corrected chi connectivity index (χ2v) is 6.37. The maximum Gasteiger partial charge on any atom is 0.240 e. The van der Waals surface area contributed by atoms with E-state index in [2.05, 4.69) is 6.07 Å². The van der Waals surface area contributed by atoms with Gasteiger partial charge in [0, 0.05) is 6.54 Å². The minimum absolute atomic E-state index is 0.149. The zero-order chi connectivity index (χ0) is 13.2. The number of benzene rings is 1. The largest absolute Gasteiger partial charge is 0.495 e. The van der Waals surface area contributed by atoms with Crippen molar-refractivity contribution in [2.75, 3.05) is 24.3 Å². The number of anilines is 1. The van der Waals surface area contributed by atoms with Crippen LogP contribution in [-0.4, -0.2) is 30.6 Å². The van der Waals surface area contributed by atoms with Gasteiger partial charge in [-0.3, -0.25) is 4.79 Å². The number of thioether (sulfide) groups is 1. The molecule has 0 aliphatic carbocycles. The molecule has 2 aliphatic heterocycles. The van der Waals surface area contributed by atoms with Gasteiger partial charge >= 0.3 is 0 Å². The van der Waals surface area contributed by atoms with Crippen LogP contribution in [0.25, 0.3) is 0 Å². The number of nitrogens with zero attached hydrogens (tertiary/aromatic N) is 1. The number of carbonyl (C=O) groups is 1. The highest BCUT2D eigenvalue weighted by molar-refractivity contribution is 8.00. The lowest BCUT2D eigenvalue weighted by Crippen LogP contribution is -2.40. The number of carbonyl (C=O) groups excluding carboxylic acids is 1. The molecule has 1 fully saturated rings. The van der Waals surface area contributed by atoms with E-state index in [9.17, 15) is 4.79 Å². The summed E-state index contributed by atoms with van der Waals surface area (Å²) in [6.45, 7) is 0.823. The van der Waals surface area contributed by atoms with Gasteiger partial charge in [-0.15, -0.1) is 11.8 Å². The predicted molar refractivity (Wildman–Crippen MR) is 79.1 cm³/mol. The average molecular weight is 277 g/mol. The van der Waals surface area contributed by atoms with Gasteiger partial charge in [-0.25, -0.2) is 0 Å². The Balaban J connectivity index is 1.94. The standard InChI is InChI=1S/C15H19NO2S/c1-18-12-7-2-5-11-6-3-9-16(14(11)12)15(17)13-8-4-10-19-13/h2,5,7,13H,3-4,6,8-10H2,1H3. The number of methoxy groups -OCH3 is 1. The molecule has 0 aromatic heterocycles. The van der Waals surface area contributed by atoms with Crippen molar-refractivity contribution >= 4 is 23.4 Å². The third-order valence-electron chi connectivity index (χ3n) is 3.87. The molecule has 19 heavy (non-hydrogen) atoms. The zero-order valence-electron chi connectivity index (χ0n) is 11.2. The van der Waals surface area contributed by atoms with Crippen molar-refractivity contribution in [2.24, 2.45) is 0 Å². The number of hydrogen-bond acceptors (Lipinski definition) is 3. The average Bonchev–Trinajstić information content (AvgIpc) is 2.99. The predicted octanol–water partition coefficient (Wildman–Crippen LogP) is 2.87. The Morgan fingerprint density at radius 1 is 1.42 bits per heavy atom. The van der Waals surface area contributed by atoms with Gasteiger partial charge in [0.1, 0.15) is 5.75 Å². The fraction of sp³-hybridized carbons (Fsp3) is 0.533. The molecule has 1 saturated heterocycles. The Morgan fingerprint density at radius 2 is 2.32 bits per heavy atom. The lowest BCUT2D eigenvalue weighted by Gasteiger charge is -2.32. The van der Waals surface area contributed by atoms with Gasteiger partial charge in [0.05, 0.1) is 18.0 Å². The van der Waals surface area contributed by atoms with Crippen LogP contribution in [0.1, 0.15) is 24.8 Å². The van der Waals surface area contributed by atoms with Crippen molar-refractivity contribution in [1.29, 1.82) is 0 Å². The maximum absolute atomic E-state index is 12.7. The van der Waals surface area contributed by atoms with Gasteiger partial charge in [-0.2, -0.15) is 0 Å². The summed E-state index contributed by atoms with van der Waals surface area (Å²) < 4.78 is 5.45. The molecule has 0 bridgehead atoms. The van der Waals surface area contributed by atoms with E-state index in [-0.39, 0.29) is 11.2 Å². The van der Waals surface area contributed by atoms with E-state index >= 15 is 0 Å². The SMILES string of the molecule is COc1cccc2c1N(C(=O)C1CCCS1)CCC2. The quantitative estimate of drug-likeness (QED) is 0.832. The zero-order valence-corrected chi connectivity index (χ0v) is 12.0. The number of aryl methyl sites for hydroxylation is 1. The molecular formula is C15H19NO2S. The van der Waals surface area contributed by atoms with Crippen LogP contribution in [0, 0.1) is 0 Å². The number of fused-ring (bicyclic) bond motifs is 1. The van der Waals surface area contributed by atoms with Crippen LogP contribution in [0.5, 0.6) is 5.75 Å². The van der Waals surface area contributed by atoms with Crippen molar-refractivity contribution < 1.29 is 9.53 Å². The molecule has 0 radical (unpaired) electrons. The fourth-order valence-electron chi connectivity index (χ4n) is 2.95. The first kappa shape index (κ1) is 12.9. The molecule has 1 amide bonds. The van der Waals surface area contributed by atoms with E-state index in [1.807, 2.05) is 17.0 Å². The molecule has 1 unspecified atom stereocenters. The third kappa shape index (κ3) is 2.34. The molecule has 1 aromatic carbocycles. The van der Waals surface area contributed by atoms with Gasteiger partial charge in [0.15, 0.2) is 0 Å². The summed E-state index contributed by atoms with van der Waals surface area (Å²) in [6.07, 6.45) is 4.26. The monoisotopic (exact) mass is 277 g/mol. The van der Waals surface area contributed by atoms with E-state index in [1.54, 1.807) is 18.9 Å². The van der Waals surface area contributed by atoms with Gasteiger partial charge in [0.25, 0.3) is 0 Å². The van der Waals surface area contributed by atoms with E-state index in [1.165, 1.54) is 5.56 Å². The van der Waals surface area contributed by atoms with Gasteiger partial charge in [-0.1, -0.05) is 12.1 Å². The van der Waals surface area contributed by atoms with Crippen LogP contribution < -0.4 is 9.64 Å². The molecular weight excluding hydrogens is 258 g/mol. The molecule has 1 aromatic rings. The highest BCUT2D eigenvalue weighted by Gasteiger charge is 2.32. The van der Waals surface area contributed by atoms with Crippen LogP contribution in [0.2, 0.25) is 0 Å². The van der Waals surface area contributed by atoms with Crippen molar-refractivity contribution in [3.8, 4) is 5.75 Å². The number of ether oxygens (including phenoxy) is 1. The van der Waals surface area contributed by atoms with Gasteiger partial charge in [-0.05, 0) is 43.1 Å². The Morgan fingerprint density at radius 3 is 3.05 bits per heavy atom. The van der Waals surface area contributed by atoms with E-state index < -0.39 is 0 Å². The molecule has 102 valence electrons. The van der Waals surface area contributed by atoms with E-state index in [0.29, 0.717) is 0 Å². The van der Waals surface area contributed by atoms with Gasteiger partial charge in [0.2, 0.25) is 5.91 Å². The summed E-state index contributed by atoms with van der Waals surface area (Å²) in [7, 11) is 1.68. The van der Waals surface area contributed by atoms with Crippen LogP contribution >= 0.6 is 11.8 Å². The van der Waals surface area contributed by atoms with Crippen LogP contribution in [0.4, 0.5) is 5.69 Å². The maximum atomic E-state index is 12.7. The molecule has 1 atom stereocenters. The number of rotatable bonds is 2. The molecule has 0 N–H and O–H groups in total. The summed E-state index contributed by atoms with van der Waals surface area (Å²) in [5.74, 6) is 2.21. The third-order valence-corrected chi connectivity index (χ3v) is 5.24. The Kier molecular flexibility index (Phi) is 3.69. The van der Waals surface area contributed by atoms with E-state index in [0.717, 1.165) is 49.4 Å². The summed E-state index contributed by atoms with van der Waals surface area (Å²) in [6, 6.07) is 6.07. The first-order valence-electron chi connectivity index (χ1n) is 6.90. The second kappa shape index (κ2) is 5.45. The Hall–Kier alpha value is -1.16. The van der Waals surface area contributed by atoms with Crippen molar-refractivity contribution in [1.82, 2.24) is 0 Å². The molecule has 3 nitrogen and oxygen atoms in total. The van der Waals surface area contributed by atoms with Crippen LogP contribution in [0.3, 0.4) is 0 Å². The first-order chi connectivity index (χ1) is 9.31. The molecule has 4 heteroatoms. The van der Waals surface area contributed by atoms with E-state index in [4.69, 9.17) is 4.74 Å². The molecule has 3 rings (SSSR count). The van der Waals surface area contributed by atoms with Crippen molar-refractivity contribution in [2.45, 2.75) is 30.9 Å². The van der Waals surface area contributed by atoms with Crippen molar-refractivity contribution in [3.63, 3.8) is 0 Å². The smallest absolute Gasteiger partial charge is 0.240 e. The highest BCUT2D eigenvalue weighted by Crippen LogP contribution is 2.38. The number of hydrogen-bond donors (Lipinski definition) is 0. The minimum Gasteiger partial charge on any atom is -0.495 e. The lowest BCUT2D eigenvalue weighted by atomic mass is 10.0. The van der Waals surface area contributed by atoms with Gasteiger partial charge < -0.3 is 9.64 Å². The topological polar surface area (TPSA) is 29.5 Å². The normalized spacial score (nSPS) is 22.2. The van der Waals surface area contributed by atoms with Crippen molar-refractivity contribution in [3.05, 3.63) is 23.8 Å². The summed E-state index contributed by atoms with van der Waals surface area (Å²) in [5, 5.41) is 0.149. The fourth-order valence-corrected chi connectivity index (χ4v) is 4.17. The summed E-state index contributed by atoms with van der Waals surface area (Å²) >= 11 is 1.80. The highest BCUT2D eigenvalue weighted by atomic mass is 32.2. The molecule has 2 aliphatic rings. The molecule has 2 heterocycles. The summed E-state index contributed by atoms with van der Waals surface area (Å²) in [5.41, 5.74) is 2.25. The molecule has 0 spiro atoms. The Bertz CT molecular complexity index is 469. The number of amides is 1. The Labute approximate surface area is 118 Å².